The van der Waals surface area contributed by atoms with Crippen LogP contribution in [0.3, 0.4) is 0 Å². The molecule has 0 spiro atoms. The Kier molecular flexibility index (Phi) is 5.76. The van der Waals surface area contributed by atoms with Gasteiger partial charge < -0.3 is 9.15 Å². The summed E-state index contributed by atoms with van der Waals surface area (Å²) < 4.78 is 10.2. The second kappa shape index (κ2) is 8.10. The lowest BCUT2D eigenvalue weighted by molar-refractivity contribution is -0.384. The second-order valence-electron chi connectivity index (χ2n) is 5.88. The highest BCUT2D eigenvalue weighted by Gasteiger charge is 2.41. The highest BCUT2D eigenvalue weighted by Crippen LogP contribution is 2.35. The molecule has 150 valence electrons. The number of halogens is 1. The number of carbonyl (C=O) groups is 3. The smallest absolute Gasteiger partial charge is 0.328 e. The molecule has 0 saturated carbocycles. The number of benzene rings is 1. The summed E-state index contributed by atoms with van der Waals surface area (Å²) >= 11 is 6.48. The van der Waals surface area contributed by atoms with Crippen LogP contribution >= 0.6 is 23.4 Å². The number of esters is 1. The molecule has 1 aromatic carbocycles. The van der Waals surface area contributed by atoms with Gasteiger partial charge in [0, 0.05) is 17.7 Å². The Morgan fingerprint density at radius 2 is 2.07 bits per heavy atom. The van der Waals surface area contributed by atoms with Crippen molar-refractivity contribution in [1.29, 1.82) is 0 Å². The van der Waals surface area contributed by atoms with Crippen LogP contribution < -0.4 is 0 Å². The Morgan fingerprint density at radius 3 is 2.72 bits per heavy atom. The Bertz CT molecular complexity index is 1060. The van der Waals surface area contributed by atoms with Crippen molar-refractivity contribution in [1.82, 2.24) is 4.90 Å². The molecule has 1 aliphatic heterocycles. The van der Waals surface area contributed by atoms with Crippen LogP contribution in [-0.2, 0) is 14.3 Å². The minimum Gasteiger partial charge on any atom is -0.467 e. The molecular weight excluding hydrogens is 424 g/mol. The second-order valence-corrected chi connectivity index (χ2v) is 7.28. The van der Waals surface area contributed by atoms with Crippen molar-refractivity contribution in [2.24, 2.45) is 0 Å². The lowest BCUT2D eigenvalue weighted by atomic mass is 10.1. The first-order chi connectivity index (χ1) is 13.7. The van der Waals surface area contributed by atoms with Crippen LogP contribution in [0.25, 0.3) is 17.4 Å². The Hall–Kier alpha value is -3.11. The largest absolute Gasteiger partial charge is 0.467 e. The molecule has 1 fully saturated rings. The van der Waals surface area contributed by atoms with Gasteiger partial charge in [0.2, 0.25) is 0 Å². The van der Waals surface area contributed by atoms with E-state index >= 15 is 0 Å². The van der Waals surface area contributed by atoms with Gasteiger partial charge in [0.15, 0.2) is 0 Å². The SMILES string of the molecule is COC(=O)[C@H](C)N1C(=O)S/C(=C\c2ccc(-c3ccc(Cl)c([N+](=O)[O-])c3)o2)C1=O. The van der Waals surface area contributed by atoms with Gasteiger partial charge in [0.05, 0.1) is 16.9 Å². The summed E-state index contributed by atoms with van der Waals surface area (Å²) in [6.07, 6.45) is 1.36. The standard InChI is InChI=1S/C18H13ClN2O7S/c1-9(17(23)27-2)20-16(22)15(29-18(20)24)8-11-4-6-14(28-11)10-3-5-12(19)13(7-10)21(25)26/h3-9H,1-2H3/b15-8-/t9-/m0/s1. The van der Waals surface area contributed by atoms with E-state index in [0.717, 1.165) is 4.90 Å². The van der Waals surface area contributed by atoms with E-state index in [1.165, 1.54) is 32.2 Å². The van der Waals surface area contributed by atoms with Crippen LogP contribution in [-0.4, -0.2) is 40.1 Å². The number of carbonyl (C=O) groups excluding carboxylic acids is 3. The number of hydrogen-bond donors (Lipinski definition) is 0. The number of imide groups is 1. The fourth-order valence-electron chi connectivity index (χ4n) is 2.61. The van der Waals surface area contributed by atoms with Crippen molar-refractivity contribution < 1.29 is 28.5 Å². The number of amides is 2. The highest BCUT2D eigenvalue weighted by atomic mass is 35.5. The van der Waals surface area contributed by atoms with Crippen molar-refractivity contribution in [2.45, 2.75) is 13.0 Å². The molecule has 2 heterocycles. The molecule has 1 aromatic heterocycles. The third-order valence-corrected chi connectivity index (χ3v) is 5.28. The van der Waals surface area contributed by atoms with Gasteiger partial charge in [-0.15, -0.1) is 0 Å². The third kappa shape index (κ3) is 4.03. The number of hydrogen-bond acceptors (Lipinski definition) is 8. The van der Waals surface area contributed by atoms with E-state index < -0.39 is 28.1 Å². The predicted molar refractivity (Wildman–Crippen MR) is 105 cm³/mol. The lowest BCUT2D eigenvalue weighted by Gasteiger charge is -2.18. The molecule has 3 rings (SSSR count). The topological polar surface area (TPSA) is 120 Å². The van der Waals surface area contributed by atoms with Crippen LogP contribution in [0.15, 0.2) is 39.7 Å². The summed E-state index contributed by atoms with van der Waals surface area (Å²) in [6.45, 7) is 1.39. The normalized spacial score (nSPS) is 16.4. The summed E-state index contributed by atoms with van der Waals surface area (Å²) in [5.41, 5.74) is 0.160. The summed E-state index contributed by atoms with van der Waals surface area (Å²) in [5, 5.41) is 10.4. The van der Waals surface area contributed by atoms with Crippen molar-refractivity contribution in [2.75, 3.05) is 7.11 Å². The molecule has 0 bridgehead atoms. The molecule has 9 nitrogen and oxygen atoms in total. The molecule has 0 radical (unpaired) electrons. The molecular formula is C18H13ClN2O7S. The number of ether oxygens (including phenoxy) is 1. The highest BCUT2D eigenvalue weighted by molar-refractivity contribution is 8.18. The van der Waals surface area contributed by atoms with Crippen LogP contribution in [0.5, 0.6) is 0 Å². The number of thioether (sulfide) groups is 1. The molecule has 0 aliphatic carbocycles. The van der Waals surface area contributed by atoms with Gasteiger partial charge in [0.1, 0.15) is 22.6 Å². The summed E-state index contributed by atoms with van der Waals surface area (Å²) in [5.74, 6) is -0.775. The number of methoxy groups -OCH3 is 1. The zero-order valence-electron chi connectivity index (χ0n) is 15.1. The summed E-state index contributed by atoms with van der Waals surface area (Å²) in [4.78, 5) is 47.6. The number of furan rings is 1. The van der Waals surface area contributed by atoms with Gasteiger partial charge in [-0.25, -0.2) is 4.79 Å². The van der Waals surface area contributed by atoms with Gasteiger partial charge in [-0.3, -0.25) is 24.6 Å². The maximum Gasteiger partial charge on any atom is 0.328 e. The number of nitro benzene ring substituents is 1. The third-order valence-electron chi connectivity index (χ3n) is 4.08. The summed E-state index contributed by atoms with van der Waals surface area (Å²) in [7, 11) is 1.17. The predicted octanol–water partition coefficient (Wildman–Crippen LogP) is 4.11. The van der Waals surface area contributed by atoms with Crippen molar-refractivity contribution in [3.8, 4) is 11.3 Å². The van der Waals surface area contributed by atoms with Gasteiger partial charge in [-0.05, 0) is 43.0 Å². The van der Waals surface area contributed by atoms with E-state index in [4.69, 9.17) is 16.0 Å². The first-order valence-corrected chi connectivity index (χ1v) is 9.31. The summed E-state index contributed by atoms with van der Waals surface area (Å²) in [6, 6.07) is 6.28. The first-order valence-electron chi connectivity index (χ1n) is 8.12. The van der Waals surface area contributed by atoms with Gasteiger partial charge in [-0.1, -0.05) is 11.6 Å². The zero-order chi connectivity index (χ0) is 21.3. The number of rotatable bonds is 5. The maximum atomic E-state index is 12.5. The van der Waals surface area contributed by atoms with Crippen molar-refractivity contribution >= 4 is 52.2 Å². The molecule has 1 aliphatic rings. The fraction of sp³-hybridized carbons (Fsp3) is 0.167. The maximum absolute atomic E-state index is 12.5. The monoisotopic (exact) mass is 436 g/mol. The van der Waals surface area contributed by atoms with E-state index in [1.807, 2.05) is 0 Å². The average Bonchev–Trinajstić information content (AvgIpc) is 3.25. The molecule has 1 saturated heterocycles. The van der Waals surface area contributed by atoms with Crippen molar-refractivity contribution in [3.63, 3.8) is 0 Å². The van der Waals surface area contributed by atoms with Gasteiger partial charge >= 0.3 is 5.97 Å². The van der Waals surface area contributed by atoms with Crippen LogP contribution in [0.4, 0.5) is 10.5 Å². The van der Waals surface area contributed by atoms with E-state index in [0.29, 0.717) is 23.1 Å². The van der Waals surface area contributed by atoms with Crippen LogP contribution in [0, 0.1) is 10.1 Å². The van der Waals surface area contributed by atoms with Crippen molar-refractivity contribution in [3.05, 3.63) is 56.1 Å². The molecule has 11 heteroatoms. The lowest BCUT2D eigenvalue weighted by Crippen LogP contribution is -2.42. The van der Waals surface area contributed by atoms with E-state index in [1.54, 1.807) is 18.2 Å². The average molecular weight is 437 g/mol. The number of nitrogens with zero attached hydrogens (tertiary/aromatic N) is 2. The van der Waals surface area contributed by atoms with E-state index in [2.05, 4.69) is 4.74 Å². The zero-order valence-corrected chi connectivity index (χ0v) is 16.7. The minimum atomic E-state index is -1.06. The fourth-order valence-corrected chi connectivity index (χ4v) is 3.69. The molecule has 2 aromatic rings. The van der Waals surface area contributed by atoms with Crippen LogP contribution in [0.1, 0.15) is 12.7 Å². The Labute approximate surface area is 173 Å². The first kappa shape index (κ1) is 20.6. The Balaban J connectivity index is 1.87. The minimum absolute atomic E-state index is 0.000991. The van der Waals surface area contributed by atoms with Crippen LogP contribution in [0.2, 0.25) is 5.02 Å². The number of nitro groups is 1. The van der Waals surface area contributed by atoms with E-state index in [9.17, 15) is 24.5 Å². The molecule has 1 atom stereocenters. The van der Waals surface area contributed by atoms with E-state index in [-0.39, 0.29) is 21.4 Å². The molecule has 0 unspecified atom stereocenters. The molecule has 2 amide bonds. The van der Waals surface area contributed by atoms with Gasteiger partial charge in [-0.2, -0.15) is 0 Å². The van der Waals surface area contributed by atoms with Gasteiger partial charge in [0.25, 0.3) is 16.8 Å². The molecule has 29 heavy (non-hydrogen) atoms. The quantitative estimate of drug-likeness (QED) is 0.297. The Morgan fingerprint density at radius 1 is 1.34 bits per heavy atom. The molecule has 0 N–H and O–H groups in total.